The van der Waals surface area contributed by atoms with E-state index < -0.39 is 29.7 Å². The first-order chi connectivity index (χ1) is 25.0. The molecule has 0 radical (unpaired) electrons. The first-order valence-electron chi connectivity index (χ1n) is 17.8. The molecule has 5 aromatic rings. The molecule has 5 aromatic carbocycles. The highest BCUT2D eigenvalue weighted by Gasteiger charge is 2.69. The monoisotopic (exact) mass is 686 g/mol. The van der Waals surface area contributed by atoms with E-state index in [4.69, 9.17) is 28.4 Å². The van der Waals surface area contributed by atoms with Gasteiger partial charge in [0, 0.05) is 5.56 Å². The summed E-state index contributed by atoms with van der Waals surface area (Å²) in [5, 5.41) is 11.2. The SMILES string of the molecule is CCOc1ccc(Cc2cc(C34OCC(CO)(O3)[C@H](OCc3ccccc3)[C@H](OCc3ccccc3)C4OCc3ccccc3)ccc2C)cc1. The highest BCUT2D eigenvalue weighted by atomic mass is 16.8. The van der Waals surface area contributed by atoms with Gasteiger partial charge in [-0.3, -0.25) is 0 Å². The van der Waals surface area contributed by atoms with Crippen molar-refractivity contribution in [1.82, 2.24) is 0 Å². The molecule has 0 saturated carbocycles. The summed E-state index contributed by atoms with van der Waals surface area (Å²) in [5.41, 5.74) is 6.06. The zero-order valence-electron chi connectivity index (χ0n) is 29.3. The number of rotatable bonds is 15. The second-order valence-corrected chi connectivity index (χ2v) is 13.4. The van der Waals surface area contributed by atoms with Crippen LogP contribution in [0.25, 0.3) is 0 Å². The quantitative estimate of drug-likeness (QED) is 0.121. The predicted octanol–water partition coefficient (Wildman–Crippen LogP) is 7.69. The van der Waals surface area contributed by atoms with E-state index in [1.807, 2.05) is 116 Å². The summed E-state index contributed by atoms with van der Waals surface area (Å²) in [7, 11) is 0. The molecule has 0 amide bonds. The van der Waals surface area contributed by atoms with Crippen molar-refractivity contribution in [2.75, 3.05) is 19.8 Å². The molecule has 0 aromatic heterocycles. The second-order valence-electron chi connectivity index (χ2n) is 13.4. The molecule has 5 atom stereocenters. The van der Waals surface area contributed by atoms with Crippen molar-refractivity contribution < 1.29 is 33.5 Å². The molecule has 2 heterocycles. The van der Waals surface area contributed by atoms with Crippen molar-refractivity contribution in [3.63, 3.8) is 0 Å². The largest absolute Gasteiger partial charge is 0.494 e. The van der Waals surface area contributed by atoms with Crippen LogP contribution in [0.2, 0.25) is 0 Å². The number of aliphatic hydroxyl groups is 1. The van der Waals surface area contributed by atoms with E-state index in [9.17, 15) is 5.11 Å². The van der Waals surface area contributed by atoms with E-state index >= 15 is 0 Å². The molecule has 7 rings (SSSR count). The first-order valence-corrected chi connectivity index (χ1v) is 17.8. The average molecular weight is 687 g/mol. The van der Waals surface area contributed by atoms with Gasteiger partial charge in [0.1, 0.15) is 29.7 Å². The van der Waals surface area contributed by atoms with E-state index in [-0.39, 0.29) is 13.2 Å². The molecule has 0 spiro atoms. The Morgan fingerprint density at radius 2 is 1.24 bits per heavy atom. The normalized spacial score (nSPS) is 24.0. The number of aryl methyl sites for hydroxylation is 1. The van der Waals surface area contributed by atoms with Crippen LogP contribution in [0.1, 0.15) is 45.9 Å². The van der Waals surface area contributed by atoms with Gasteiger partial charge in [0.2, 0.25) is 5.79 Å². The summed E-state index contributed by atoms with van der Waals surface area (Å²) in [6.45, 7) is 5.42. The van der Waals surface area contributed by atoms with Gasteiger partial charge < -0.3 is 33.5 Å². The van der Waals surface area contributed by atoms with Crippen LogP contribution in [-0.4, -0.2) is 48.8 Å². The number of fused-ring (bicyclic) bond motifs is 2. The van der Waals surface area contributed by atoms with Crippen molar-refractivity contribution in [3.8, 4) is 5.75 Å². The number of aliphatic hydroxyl groups excluding tert-OH is 1. The summed E-state index contributed by atoms with van der Waals surface area (Å²) in [6.07, 6.45) is -1.43. The van der Waals surface area contributed by atoms with Crippen LogP contribution >= 0.6 is 0 Å². The lowest BCUT2D eigenvalue weighted by molar-refractivity contribution is -0.353. The van der Waals surface area contributed by atoms with E-state index in [1.165, 1.54) is 0 Å². The summed E-state index contributed by atoms with van der Waals surface area (Å²) in [4.78, 5) is 0. The Morgan fingerprint density at radius 1 is 0.667 bits per heavy atom. The van der Waals surface area contributed by atoms with Crippen LogP contribution in [0.15, 0.2) is 133 Å². The molecule has 51 heavy (non-hydrogen) atoms. The van der Waals surface area contributed by atoms with Crippen LogP contribution in [0.3, 0.4) is 0 Å². The van der Waals surface area contributed by atoms with Gasteiger partial charge in [-0.2, -0.15) is 0 Å². The molecule has 3 unspecified atom stereocenters. The van der Waals surface area contributed by atoms with Gasteiger partial charge in [0.05, 0.1) is 39.6 Å². The van der Waals surface area contributed by atoms with E-state index in [0.29, 0.717) is 32.8 Å². The number of ether oxygens (including phenoxy) is 6. The molecule has 264 valence electrons. The third kappa shape index (κ3) is 7.65. The zero-order valence-corrected chi connectivity index (χ0v) is 29.3. The zero-order chi connectivity index (χ0) is 35.1. The maximum atomic E-state index is 11.2. The fourth-order valence-corrected chi connectivity index (χ4v) is 7.10. The van der Waals surface area contributed by atoms with Crippen molar-refractivity contribution in [1.29, 1.82) is 0 Å². The molecule has 2 saturated heterocycles. The summed E-state index contributed by atoms with van der Waals surface area (Å²) in [6, 6.07) is 44.6. The Labute approximate surface area is 300 Å². The van der Waals surface area contributed by atoms with E-state index in [1.54, 1.807) is 0 Å². The predicted molar refractivity (Wildman–Crippen MR) is 195 cm³/mol. The second kappa shape index (κ2) is 15.9. The van der Waals surface area contributed by atoms with Gasteiger partial charge in [-0.05, 0) is 71.8 Å². The van der Waals surface area contributed by atoms with Gasteiger partial charge in [-0.15, -0.1) is 0 Å². The number of benzene rings is 5. The lowest BCUT2D eigenvalue weighted by atomic mass is 9.82. The standard InChI is InChI=1S/C44H46O7/c1-3-46-39-23-20-33(21-24-39)25-37-26-38(22-19-32(37)2)44-42(49-29-36-17-11-6-12-18-36)40(47-27-34-13-7-4-8-14-34)41(43(30-45,51-44)31-50-44)48-28-35-15-9-5-10-16-35/h4-24,26,40-42,45H,3,25,27-31H2,1-2H3/t40-,41+,42?,43?,44?/m0/s1. The van der Waals surface area contributed by atoms with Crippen LogP contribution in [0, 0.1) is 6.92 Å². The molecule has 7 heteroatoms. The number of hydrogen-bond donors (Lipinski definition) is 1. The van der Waals surface area contributed by atoms with Crippen molar-refractivity contribution in [2.45, 2.75) is 69.8 Å². The highest BCUT2D eigenvalue weighted by Crippen LogP contribution is 2.53. The van der Waals surface area contributed by atoms with Gasteiger partial charge in [0.15, 0.2) is 0 Å². The van der Waals surface area contributed by atoms with Crippen molar-refractivity contribution in [2.24, 2.45) is 0 Å². The van der Waals surface area contributed by atoms with Crippen LogP contribution in [-0.2, 0) is 55.7 Å². The van der Waals surface area contributed by atoms with Gasteiger partial charge >= 0.3 is 0 Å². The van der Waals surface area contributed by atoms with Gasteiger partial charge in [-0.25, -0.2) is 0 Å². The number of hydrogen-bond acceptors (Lipinski definition) is 7. The van der Waals surface area contributed by atoms with Crippen molar-refractivity contribution in [3.05, 3.63) is 172 Å². The Bertz CT molecular complexity index is 1830. The fourth-order valence-electron chi connectivity index (χ4n) is 7.10. The molecule has 7 nitrogen and oxygen atoms in total. The van der Waals surface area contributed by atoms with Gasteiger partial charge in [-0.1, -0.05) is 115 Å². The molecule has 2 aliphatic heterocycles. The molecule has 2 bridgehead atoms. The Hall–Kier alpha value is -4.34. The van der Waals surface area contributed by atoms with Crippen LogP contribution in [0.4, 0.5) is 0 Å². The van der Waals surface area contributed by atoms with Crippen LogP contribution in [0.5, 0.6) is 5.75 Å². The van der Waals surface area contributed by atoms with E-state index in [2.05, 4.69) is 31.2 Å². The average Bonchev–Trinajstić information content (AvgIpc) is 3.54. The molecule has 0 aliphatic carbocycles. The minimum absolute atomic E-state index is 0.0987. The maximum Gasteiger partial charge on any atom is 0.225 e. The van der Waals surface area contributed by atoms with Crippen molar-refractivity contribution >= 4 is 0 Å². The minimum atomic E-state index is -1.38. The van der Waals surface area contributed by atoms with Crippen LogP contribution < -0.4 is 4.74 Å². The minimum Gasteiger partial charge on any atom is -0.494 e. The third-order valence-electron chi connectivity index (χ3n) is 9.85. The molecule has 1 N–H and O–H groups in total. The third-order valence-corrected chi connectivity index (χ3v) is 9.85. The first kappa shape index (κ1) is 35.1. The lowest BCUT2D eigenvalue weighted by Crippen LogP contribution is -2.67. The lowest BCUT2D eigenvalue weighted by Gasteiger charge is -2.50. The Morgan fingerprint density at radius 3 is 1.80 bits per heavy atom. The smallest absolute Gasteiger partial charge is 0.225 e. The highest BCUT2D eigenvalue weighted by molar-refractivity contribution is 5.40. The summed E-state index contributed by atoms with van der Waals surface area (Å²) < 4.78 is 40.1. The molecule has 2 fully saturated rings. The fraction of sp³-hybridized carbons (Fsp3) is 0.318. The topological polar surface area (TPSA) is 75.6 Å². The van der Waals surface area contributed by atoms with E-state index in [0.717, 1.165) is 44.7 Å². The Balaban J connectivity index is 1.28. The maximum absolute atomic E-state index is 11.2. The Kier molecular flexibility index (Phi) is 10.9. The molecular weight excluding hydrogens is 640 g/mol. The summed E-state index contributed by atoms with van der Waals surface area (Å²) in [5.74, 6) is -0.530. The van der Waals surface area contributed by atoms with Gasteiger partial charge in [0.25, 0.3) is 0 Å². The summed E-state index contributed by atoms with van der Waals surface area (Å²) >= 11 is 0. The molecular formula is C44H46O7. The molecule has 2 aliphatic rings.